The van der Waals surface area contributed by atoms with Crippen LogP contribution in [0.4, 0.5) is 0 Å². The number of aromatic nitrogens is 3. The van der Waals surface area contributed by atoms with Gasteiger partial charge in [0.2, 0.25) is 0 Å². The summed E-state index contributed by atoms with van der Waals surface area (Å²) in [5.41, 5.74) is -0.0537. The number of H-pyrrole nitrogens is 1. The third-order valence-corrected chi connectivity index (χ3v) is 4.11. The van der Waals surface area contributed by atoms with Gasteiger partial charge in [-0.15, -0.1) is 11.3 Å². The van der Waals surface area contributed by atoms with E-state index in [4.69, 9.17) is 9.84 Å². The summed E-state index contributed by atoms with van der Waals surface area (Å²) in [4.78, 5) is 22.0. The molecule has 1 unspecified atom stereocenters. The smallest absolute Gasteiger partial charge is 0.270 e. The van der Waals surface area contributed by atoms with Gasteiger partial charge in [-0.2, -0.15) is 0 Å². The quantitative estimate of drug-likeness (QED) is 0.530. The average Bonchev–Trinajstić information content (AvgIpc) is 2.94. The molecule has 1 aliphatic rings. The Balaban J connectivity index is 2.01. The predicted molar refractivity (Wildman–Crippen MR) is 64.7 cm³/mol. The fraction of sp³-hybridized carbons (Fsp3) is 0.500. The van der Waals surface area contributed by atoms with E-state index in [1.165, 1.54) is 6.33 Å². The summed E-state index contributed by atoms with van der Waals surface area (Å²) in [7, 11) is 0. The molecule has 2 aromatic heterocycles. The summed E-state index contributed by atoms with van der Waals surface area (Å²) >= 11 is 1.04. The molecule has 0 radical (unpaired) electrons. The molecular weight excluding hydrogens is 274 g/mol. The van der Waals surface area contributed by atoms with E-state index in [0.717, 1.165) is 11.3 Å². The van der Waals surface area contributed by atoms with Crippen molar-refractivity contribution in [3.63, 3.8) is 0 Å². The zero-order valence-electron chi connectivity index (χ0n) is 9.55. The van der Waals surface area contributed by atoms with Gasteiger partial charge in [-0.05, 0) is 0 Å². The van der Waals surface area contributed by atoms with Gasteiger partial charge in [-0.25, -0.2) is 9.97 Å². The molecule has 1 saturated heterocycles. The number of hydrogen-bond acceptors (Lipinski definition) is 8. The molecule has 4 atom stereocenters. The van der Waals surface area contributed by atoms with Crippen LogP contribution in [0.15, 0.2) is 11.1 Å². The van der Waals surface area contributed by atoms with Crippen molar-refractivity contribution >= 4 is 21.7 Å². The van der Waals surface area contributed by atoms with Crippen LogP contribution in [0.2, 0.25) is 0 Å². The van der Waals surface area contributed by atoms with E-state index in [0.29, 0.717) is 9.71 Å². The van der Waals surface area contributed by atoms with Crippen LogP contribution in [0.5, 0.6) is 0 Å². The van der Waals surface area contributed by atoms with Crippen LogP contribution < -0.4 is 5.56 Å². The Bertz CT molecular complexity index is 656. The minimum atomic E-state index is -1.20. The minimum Gasteiger partial charge on any atom is -0.394 e. The van der Waals surface area contributed by atoms with Gasteiger partial charge >= 0.3 is 0 Å². The highest BCUT2D eigenvalue weighted by molar-refractivity contribution is 7.18. The normalized spacial score (nSPS) is 31.1. The fourth-order valence-corrected chi connectivity index (χ4v) is 3.00. The Morgan fingerprint density at radius 2 is 2.21 bits per heavy atom. The van der Waals surface area contributed by atoms with E-state index in [1.54, 1.807) is 0 Å². The first-order chi connectivity index (χ1) is 9.11. The molecule has 0 aromatic carbocycles. The lowest BCUT2D eigenvalue weighted by Crippen LogP contribution is -2.32. The van der Waals surface area contributed by atoms with E-state index >= 15 is 0 Å². The topological polar surface area (TPSA) is 129 Å². The van der Waals surface area contributed by atoms with Crippen LogP contribution in [0.3, 0.4) is 0 Å². The van der Waals surface area contributed by atoms with Crippen LogP contribution in [-0.4, -0.2) is 55.2 Å². The van der Waals surface area contributed by atoms with Gasteiger partial charge < -0.3 is 25.0 Å². The van der Waals surface area contributed by atoms with Crippen molar-refractivity contribution in [1.29, 1.82) is 0 Å². The number of nitrogens with one attached hydrogen (secondary N) is 1. The van der Waals surface area contributed by atoms with Gasteiger partial charge in [-0.3, -0.25) is 4.79 Å². The maximum Gasteiger partial charge on any atom is 0.270 e. The standard InChI is InChI=1S/C10H11N3O5S/c14-1-3-4(15)5(16)6(18-3)10-13-8-7(19-10)9(17)12-2-11-8/h2-6,14-16H,1H2,(H,11,12,17)/t3-,4-,5-,6?/m1/s1. The third-order valence-electron chi connectivity index (χ3n) is 3.00. The number of aliphatic hydroxyl groups excluding tert-OH is 3. The van der Waals surface area contributed by atoms with Crippen molar-refractivity contribution < 1.29 is 20.1 Å². The van der Waals surface area contributed by atoms with Crippen LogP contribution >= 0.6 is 11.3 Å². The first-order valence-corrected chi connectivity index (χ1v) is 6.40. The zero-order chi connectivity index (χ0) is 13.6. The second kappa shape index (κ2) is 4.62. The lowest BCUT2D eigenvalue weighted by atomic mass is 10.1. The van der Waals surface area contributed by atoms with Gasteiger partial charge in [0.15, 0.2) is 5.65 Å². The molecule has 0 saturated carbocycles. The first-order valence-electron chi connectivity index (χ1n) is 5.58. The first kappa shape index (κ1) is 12.6. The summed E-state index contributed by atoms with van der Waals surface area (Å²) in [6.45, 7) is -0.404. The molecule has 3 rings (SSSR count). The molecule has 9 heteroatoms. The molecule has 4 N–H and O–H groups in total. The Hall–Kier alpha value is -1.39. The van der Waals surface area contributed by atoms with Crippen molar-refractivity contribution in [3.05, 3.63) is 21.7 Å². The molecule has 1 fully saturated rings. The van der Waals surface area contributed by atoms with Crippen molar-refractivity contribution in [2.75, 3.05) is 6.61 Å². The number of aromatic amines is 1. The summed E-state index contributed by atoms with van der Waals surface area (Å²) in [6.07, 6.45) is -2.88. The monoisotopic (exact) mass is 285 g/mol. The Morgan fingerprint density at radius 1 is 1.42 bits per heavy atom. The number of fused-ring (bicyclic) bond motifs is 1. The summed E-state index contributed by atoms with van der Waals surface area (Å²) in [5, 5.41) is 28.9. The summed E-state index contributed by atoms with van der Waals surface area (Å²) in [6, 6.07) is 0. The fourth-order valence-electron chi connectivity index (χ4n) is 2.01. The van der Waals surface area contributed by atoms with Gasteiger partial charge in [0.05, 0.1) is 12.9 Å². The number of nitrogens with zero attached hydrogens (tertiary/aromatic N) is 2. The van der Waals surface area contributed by atoms with Crippen molar-refractivity contribution in [1.82, 2.24) is 15.0 Å². The van der Waals surface area contributed by atoms with Crippen LogP contribution in [0.25, 0.3) is 10.3 Å². The Labute approximate surface area is 110 Å². The van der Waals surface area contributed by atoms with Crippen LogP contribution in [0.1, 0.15) is 11.1 Å². The second-order valence-electron chi connectivity index (χ2n) is 4.20. The molecule has 0 amide bonds. The second-order valence-corrected chi connectivity index (χ2v) is 5.23. The maximum absolute atomic E-state index is 11.6. The van der Waals surface area contributed by atoms with Crippen LogP contribution in [-0.2, 0) is 4.74 Å². The molecular formula is C10H11N3O5S. The SMILES string of the molecule is O=c1[nH]cnc2nc(C3O[C@H](CO)[C@@H](O)[C@H]3O)sc12. The predicted octanol–water partition coefficient (Wildman–Crippen LogP) is -1.47. The number of rotatable bonds is 2. The number of hydrogen-bond donors (Lipinski definition) is 4. The minimum absolute atomic E-state index is 0.265. The third kappa shape index (κ3) is 1.95. The maximum atomic E-state index is 11.6. The molecule has 8 nitrogen and oxygen atoms in total. The molecule has 0 aliphatic carbocycles. The molecule has 2 aromatic rings. The molecule has 0 bridgehead atoms. The Morgan fingerprint density at radius 3 is 2.84 bits per heavy atom. The van der Waals surface area contributed by atoms with E-state index in [2.05, 4.69) is 15.0 Å². The molecule has 1 aliphatic heterocycles. The average molecular weight is 285 g/mol. The van der Waals surface area contributed by atoms with E-state index < -0.39 is 31.0 Å². The number of thiazole rings is 1. The number of ether oxygens (including phenoxy) is 1. The zero-order valence-corrected chi connectivity index (χ0v) is 10.4. The number of aliphatic hydroxyl groups is 3. The van der Waals surface area contributed by atoms with E-state index in [-0.39, 0.29) is 11.2 Å². The highest BCUT2D eigenvalue weighted by Gasteiger charge is 2.44. The lowest BCUT2D eigenvalue weighted by Gasteiger charge is -2.11. The van der Waals surface area contributed by atoms with Gasteiger partial charge in [0.1, 0.15) is 34.1 Å². The molecule has 3 heterocycles. The largest absolute Gasteiger partial charge is 0.394 e. The van der Waals surface area contributed by atoms with Gasteiger partial charge in [-0.1, -0.05) is 0 Å². The van der Waals surface area contributed by atoms with Crippen molar-refractivity contribution in [2.45, 2.75) is 24.4 Å². The van der Waals surface area contributed by atoms with Crippen molar-refractivity contribution in [2.24, 2.45) is 0 Å². The van der Waals surface area contributed by atoms with Gasteiger partial charge in [0.25, 0.3) is 5.56 Å². The highest BCUT2D eigenvalue weighted by Crippen LogP contribution is 2.36. The lowest BCUT2D eigenvalue weighted by molar-refractivity contribution is -0.0227. The molecule has 19 heavy (non-hydrogen) atoms. The summed E-state index contributed by atoms with van der Waals surface area (Å²) in [5.74, 6) is 0. The van der Waals surface area contributed by atoms with Crippen molar-refractivity contribution in [3.8, 4) is 0 Å². The van der Waals surface area contributed by atoms with E-state index in [9.17, 15) is 15.0 Å². The Kier molecular flexibility index (Phi) is 3.07. The molecule has 102 valence electrons. The van der Waals surface area contributed by atoms with E-state index in [1.807, 2.05) is 0 Å². The summed E-state index contributed by atoms with van der Waals surface area (Å²) < 4.78 is 5.68. The highest BCUT2D eigenvalue weighted by atomic mass is 32.1. The van der Waals surface area contributed by atoms with Crippen LogP contribution in [0, 0.1) is 0 Å². The van der Waals surface area contributed by atoms with Gasteiger partial charge in [0, 0.05) is 0 Å². The molecule has 0 spiro atoms.